The Morgan fingerprint density at radius 3 is 2.90 bits per heavy atom. The van der Waals surface area contributed by atoms with Crippen LogP contribution in [0.5, 0.6) is 0 Å². The largest absolute Gasteiger partial charge is 0.326 e. The number of hydrogen-bond donors (Lipinski definition) is 2. The van der Waals surface area contributed by atoms with E-state index in [1.807, 2.05) is 12.1 Å². The molecule has 1 aliphatic rings. The molecule has 0 spiro atoms. The SMILES string of the molecule is CCC1CCCC1NC(C)c1cccc(NC(C)=O)c1. The van der Waals surface area contributed by atoms with Gasteiger partial charge in [-0.1, -0.05) is 31.9 Å². The summed E-state index contributed by atoms with van der Waals surface area (Å²) in [7, 11) is 0. The van der Waals surface area contributed by atoms with Crippen LogP contribution >= 0.6 is 0 Å². The number of nitrogens with one attached hydrogen (secondary N) is 2. The van der Waals surface area contributed by atoms with Crippen LogP contribution in [0.1, 0.15) is 58.1 Å². The van der Waals surface area contributed by atoms with Gasteiger partial charge in [0.1, 0.15) is 0 Å². The zero-order valence-electron chi connectivity index (χ0n) is 12.8. The van der Waals surface area contributed by atoms with Gasteiger partial charge < -0.3 is 10.6 Å². The molecule has 0 aliphatic heterocycles. The Morgan fingerprint density at radius 2 is 2.20 bits per heavy atom. The van der Waals surface area contributed by atoms with E-state index in [-0.39, 0.29) is 5.91 Å². The molecule has 3 atom stereocenters. The Labute approximate surface area is 122 Å². The maximum absolute atomic E-state index is 11.1. The molecular weight excluding hydrogens is 248 g/mol. The van der Waals surface area contributed by atoms with Gasteiger partial charge in [-0.2, -0.15) is 0 Å². The maximum atomic E-state index is 11.1. The van der Waals surface area contributed by atoms with Crippen LogP contribution in [0.15, 0.2) is 24.3 Å². The van der Waals surface area contributed by atoms with Gasteiger partial charge in [-0.3, -0.25) is 4.79 Å². The summed E-state index contributed by atoms with van der Waals surface area (Å²) in [5.41, 5.74) is 2.11. The van der Waals surface area contributed by atoms with Crippen molar-refractivity contribution in [3.63, 3.8) is 0 Å². The Morgan fingerprint density at radius 1 is 1.40 bits per heavy atom. The van der Waals surface area contributed by atoms with Gasteiger partial charge in [0.15, 0.2) is 0 Å². The first-order valence-electron chi connectivity index (χ1n) is 7.73. The molecule has 1 aromatic carbocycles. The van der Waals surface area contributed by atoms with Gasteiger partial charge in [-0.05, 0) is 43.4 Å². The first-order chi connectivity index (χ1) is 9.60. The smallest absolute Gasteiger partial charge is 0.221 e. The molecule has 1 saturated carbocycles. The van der Waals surface area contributed by atoms with E-state index in [0.29, 0.717) is 12.1 Å². The molecule has 0 saturated heterocycles. The summed E-state index contributed by atoms with van der Waals surface area (Å²) < 4.78 is 0. The van der Waals surface area contributed by atoms with Gasteiger partial charge in [0.05, 0.1) is 0 Å². The maximum Gasteiger partial charge on any atom is 0.221 e. The minimum Gasteiger partial charge on any atom is -0.326 e. The van der Waals surface area contributed by atoms with E-state index in [4.69, 9.17) is 0 Å². The molecule has 1 fully saturated rings. The van der Waals surface area contributed by atoms with Crippen LogP contribution in [0.4, 0.5) is 5.69 Å². The Kier molecular flexibility index (Phi) is 5.18. The zero-order chi connectivity index (χ0) is 14.5. The third-order valence-electron chi connectivity index (χ3n) is 4.35. The van der Waals surface area contributed by atoms with E-state index in [0.717, 1.165) is 11.6 Å². The number of hydrogen-bond acceptors (Lipinski definition) is 2. The molecule has 0 bridgehead atoms. The minimum atomic E-state index is -0.0235. The number of amides is 1. The Bertz CT molecular complexity index is 458. The second-order valence-electron chi connectivity index (χ2n) is 5.90. The van der Waals surface area contributed by atoms with E-state index >= 15 is 0 Å². The van der Waals surface area contributed by atoms with Crippen molar-refractivity contribution in [2.75, 3.05) is 5.32 Å². The van der Waals surface area contributed by atoms with E-state index in [9.17, 15) is 4.79 Å². The van der Waals surface area contributed by atoms with Crippen molar-refractivity contribution in [1.82, 2.24) is 5.32 Å². The topological polar surface area (TPSA) is 41.1 Å². The average molecular weight is 274 g/mol. The van der Waals surface area contributed by atoms with Gasteiger partial charge in [-0.15, -0.1) is 0 Å². The summed E-state index contributed by atoms with van der Waals surface area (Å²) >= 11 is 0. The highest BCUT2D eigenvalue weighted by Gasteiger charge is 2.26. The van der Waals surface area contributed by atoms with Crippen molar-refractivity contribution in [2.24, 2.45) is 5.92 Å². The molecule has 1 amide bonds. The number of anilines is 1. The summed E-state index contributed by atoms with van der Waals surface area (Å²) in [6.07, 6.45) is 5.24. The van der Waals surface area contributed by atoms with Gasteiger partial charge >= 0.3 is 0 Å². The highest BCUT2D eigenvalue weighted by Crippen LogP contribution is 2.30. The van der Waals surface area contributed by atoms with Crippen LogP contribution in [0.2, 0.25) is 0 Å². The normalized spacial score (nSPS) is 23.6. The lowest BCUT2D eigenvalue weighted by Gasteiger charge is -2.25. The van der Waals surface area contributed by atoms with E-state index in [1.54, 1.807) is 6.92 Å². The lowest BCUT2D eigenvalue weighted by molar-refractivity contribution is -0.114. The molecule has 2 rings (SSSR count). The Balaban J connectivity index is 2.01. The van der Waals surface area contributed by atoms with Gasteiger partial charge in [0.2, 0.25) is 5.91 Å². The van der Waals surface area contributed by atoms with Crippen molar-refractivity contribution in [3.8, 4) is 0 Å². The molecule has 110 valence electrons. The predicted octanol–water partition coefficient (Wildman–Crippen LogP) is 3.87. The summed E-state index contributed by atoms with van der Waals surface area (Å²) in [6.45, 7) is 6.03. The Hall–Kier alpha value is -1.35. The van der Waals surface area contributed by atoms with E-state index < -0.39 is 0 Å². The van der Waals surface area contributed by atoms with Gasteiger partial charge in [-0.25, -0.2) is 0 Å². The van der Waals surface area contributed by atoms with Crippen molar-refractivity contribution in [2.45, 2.75) is 58.5 Å². The van der Waals surface area contributed by atoms with Crippen LogP contribution in [0.3, 0.4) is 0 Å². The minimum absolute atomic E-state index is 0.0235. The molecular formula is C17H26N2O. The molecule has 0 heterocycles. The first-order valence-corrected chi connectivity index (χ1v) is 7.73. The molecule has 20 heavy (non-hydrogen) atoms. The second-order valence-corrected chi connectivity index (χ2v) is 5.90. The van der Waals surface area contributed by atoms with Gasteiger partial charge in [0.25, 0.3) is 0 Å². The third-order valence-corrected chi connectivity index (χ3v) is 4.35. The quantitative estimate of drug-likeness (QED) is 0.855. The van der Waals surface area contributed by atoms with Crippen LogP contribution in [0, 0.1) is 5.92 Å². The zero-order valence-corrected chi connectivity index (χ0v) is 12.8. The van der Waals surface area contributed by atoms with Crippen molar-refractivity contribution in [3.05, 3.63) is 29.8 Å². The summed E-state index contributed by atoms with van der Waals surface area (Å²) in [5.74, 6) is 0.792. The highest BCUT2D eigenvalue weighted by atomic mass is 16.1. The number of benzene rings is 1. The fourth-order valence-electron chi connectivity index (χ4n) is 3.25. The third kappa shape index (κ3) is 3.83. The van der Waals surface area contributed by atoms with Crippen molar-refractivity contribution in [1.29, 1.82) is 0 Å². The molecule has 1 aromatic rings. The fraction of sp³-hybridized carbons (Fsp3) is 0.588. The lowest BCUT2D eigenvalue weighted by atomic mass is 9.98. The van der Waals surface area contributed by atoms with Crippen molar-refractivity contribution < 1.29 is 4.79 Å². The average Bonchev–Trinajstić information content (AvgIpc) is 2.85. The standard InChI is InChI=1S/C17H26N2O/c1-4-14-7-6-10-17(14)18-12(2)15-8-5-9-16(11-15)19-13(3)20/h5,8-9,11-12,14,17-18H,4,6-7,10H2,1-3H3,(H,19,20). The summed E-state index contributed by atoms with van der Waals surface area (Å²) in [5, 5.41) is 6.61. The van der Waals surface area contributed by atoms with Crippen LogP contribution < -0.4 is 10.6 Å². The van der Waals surface area contributed by atoms with E-state index in [1.165, 1.54) is 31.2 Å². The number of carbonyl (C=O) groups is 1. The summed E-state index contributed by atoms with van der Waals surface area (Å²) in [6, 6.07) is 9.08. The highest BCUT2D eigenvalue weighted by molar-refractivity contribution is 5.88. The monoisotopic (exact) mass is 274 g/mol. The number of carbonyl (C=O) groups excluding carboxylic acids is 1. The molecule has 3 unspecified atom stereocenters. The molecule has 1 aliphatic carbocycles. The number of rotatable bonds is 5. The van der Waals surface area contributed by atoms with Crippen LogP contribution in [-0.2, 0) is 4.79 Å². The van der Waals surface area contributed by atoms with Gasteiger partial charge in [0, 0.05) is 24.7 Å². The fourth-order valence-corrected chi connectivity index (χ4v) is 3.25. The molecule has 2 N–H and O–H groups in total. The molecule has 0 radical (unpaired) electrons. The first kappa shape index (κ1) is 15.0. The van der Waals surface area contributed by atoms with Crippen LogP contribution in [0.25, 0.3) is 0 Å². The second kappa shape index (κ2) is 6.89. The molecule has 3 heteroatoms. The molecule has 0 aromatic heterocycles. The van der Waals surface area contributed by atoms with E-state index in [2.05, 4.69) is 36.6 Å². The van der Waals surface area contributed by atoms with Crippen molar-refractivity contribution >= 4 is 11.6 Å². The predicted molar refractivity (Wildman–Crippen MR) is 83.7 cm³/mol. The lowest BCUT2D eigenvalue weighted by Crippen LogP contribution is -2.34. The molecule has 3 nitrogen and oxygen atoms in total. The summed E-state index contributed by atoms with van der Waals surface area (Å²) in [4.78, 5) is 11.1. The van der Waals surface area contributed by atoms with Crippen LogP contribution in [-0.4, -0.2) is 11.9 Å².